The average molecular weight is 418 g/mol. The third-order valence-corrected chi connectivity index (χ3v) is 5.57. The summed E-state index contributed by atoms with van der Waals surface area (Å²) in [6.45, 7) is 1.39. The Hall–Kier alpha value is -3.48. The Balaban J connectivity index is 1.60. The van der Waals surface area contributed by atoms with Crippen molar-refractivity contribution in [3.63, 3.8) is 0 Å². The zero-order valence-corrected chi connectivity index (χ0v) is 18.2. The Kier molecular flexibility index (Phi) is 6.11. The molecule has 0 N–H and O–H groups in total. The van der Waals surface area contributed by atoms with Gasteiger partial charge in [0.1, 0.15) is 11.6 Å². The van der Waals surface area contributed by atoms with Gasteiger partial charge in [-0.2, -0.15) is 0 Å². The van der Waals surface area contributed by atoms with Crippen molar-refractivity contribution in [3.05, 3.63) is 66.1 Å². The van der Waals surface area contributed by atoms with E-state index in [1.165, 1.54) is 0 Å². The molecule has 1 amide bonds. The van der Waals surface area contributed by atoms with E-state index in [1.807, 2.05) is 66.4 Å². The van der Waals surface area contributed by atoms with E-state index in [0.717, 1.165) is 42.2 Å². The predicted octanol–water partition coefficient (Wildman–Crippen LogP) is 3.63. The van der Waals surface area contributed by atoms with E-state index >= 15 is 0 Å². The number of rotatable bonds is 5. The molecule has 160 valence electrons. The molecule has 0 bridgehead atoms. The van der Waals surface area contributed by atoms with Gasteiger partial charge in [-0.15, -0.1) is 0 Å². The standard InChI is InChI=1S/C24H27N5O2/c1-28(2)22-14-21(26-23(27-22)18-6-4-12-25-15-18)19-7-5-13-29(16-19)24(30)17-8-10-20(31-3)11-9-17/h4,6,8-12,14-15,19H,5,7,13,16H2,1-3H3/t19-/m0/s1. The lowest BCUT2D eigenvalue weighted by Crippen LogP contribution is -2.39. The summed E-state index contributed by atoms with van der Waals surface area (Å²) in [7, 11) is 5.56. The van der Waals surface area contributed by atoms with Gasteiger partial charge in [-0.3, -0.25) is 9.78 Å². The van der Waals surface area contributed by atoms with Crippen LogP contribution < -0.4 is 9.64 Å². The molecule has 7 heteroatoms. The van der Waals surface area contributed by atoms with Crippen molar-refractivity contribution in [3.8, 4) is 17.1 Å². The first-order valence-electron chi connectivity index (χ1n) is 10.4. The number of carbonyl (C=O) groups is 1. The first-order valence-corrected chi connectivity index (χ1v) is 10.4. The van der Waals surface area contributed by atoms with Crippen LogP contribution in [-0.4, -0.2) is 60.1 Å². The minimum atomic E-state index is 0.0433. The maximum absolute atomic E-state index is 13.1. The molecule has 0 unspecified atom stereocenters. The second-order valence-electron chi connectivity index (χ2n) is 7.93. The van der Waals surface area contributed by atoms with Gasteiger partial charge in [-0.25, -0.2) is 9.97 Å². The molecule has 1 aliphatic heterocycles. The fourth-order valence-electron chi connectivity index (χ4n) is 3.83. The van der Waals surface area contributed by atoms with E-state index in [4.69, 9.17) is 14.7 Å². The quantitative estimate of drug-likeness (QED) is 0.631. The van der Waals surface area contributed by atoms with Crippen LogP contribution in [0.2, 0.25) is 0 Å². The topological polar surface area (TPSA) is 71.5 Å². The number of aromatic nitrogens is 3. The molecule has 7 nitrogen and oxygen atoms in total. The van der Waals surface area contributed by atoms with E-state index < -0.39 is 0 Å². The monoisotopic (exact) mass is 417 g/mol. The van der Waals surface area contributed by atoms with Crippen LogP contribution in [0.4, 0.5) is 5.82 Å². The van der Waals surface area contributed by atoms with Gasteiger partial charge in [-0.05, 0) is 49.2 Å². The van der Waals surface area contributed by atoms with Gasteiger partial charge in [0.05, 0.1) is 12.8 Å². The minimum absolute atomic E-state index is 0.0433. The molecule has 1 saturated heterocycles. The smallest absolute Gasteiger partial charge is 0.253 e. The SMILES string of the molecule is COc1ccc(C(=O)N2CCC[C@H](c3cc(N(C)C)nc(-c4cccnc4)n3)C2)cc1. The molecule has 3 heterocycles. The largest absolute Gasteiger partial charge is 0.497 e. The number of hydrogen-bond acceptors (Lipinski definition) is 6. The van der Waals surface area contributed by atoms with Crippen LogP contribution in [0.25, 0.3) is 11.4 Å². The summed E-state index contributed by atoms with van der Waals surface area (Å²) in [6.07, 6.45) is 5.45. The molecule has 1 aromatic carbocycles. The highest BCUT2D eigenvalue weighted by molar-refractivity contribution is 5.94. The van der Waals surface area contributed by atoms with Gasteiger partial charge in [0.25, 0.3) is 5.91 Å². The van der Waals surface area contributed by atoms with Crippen molar-refractivity contribution >= 4 is 11.7 Å². The highest BCUT2D eigenvalue weighted by Crippen LogP contribution is 2.30. The van der Waals surface area contributed by atoms with Crippen LogP contribution in [0.15, 0.2) is 54.9 Å². The summed E-state index contributed by atoms with van der Waals surface area (Å²) >= 11 is 0. The van der Waals surface area contributed by atoms with Crippen molar-refractivity contribution in [1.82, 2.24) is 19.9 Å². The Labute approximate surface area is 182 Å². The Morgan fingerprint density at radius 2 is 1.97 bits per heavy atom. The van der Waals surface area contributed by atoms with E-state index in [9.17, 15) is 4.79 Å². The highest BCUT2D eigenvalue weighted by atomic mass is 16.5. The van der Waals surface area contributed by atoms with E-state index in [-0.39, 0.29) is 11.8 Å². The fourth-order valence-corrected chi connectivity index (χ4v) is 3.83. The molecule has 3 aromatic rings. The summed E-state index contributed by atoms with van der Waals surface area (Å²) < 4.78 is 5.20. The number of nitrogens with zero attached hydrogens (tertiary/aromatic N) is 5. The molecule has 4 rings (SSSR count). The first-order chi connectivity index (χ1) is 15.0. The molecule has 0 radical (unpaired) electrons. The Bertz CT molecular complexity index is 1040. The van der Waals surface area contributed by atoms with Gasteiger partial charge in [0.2, 0.25) is 0 Å². The minimum Gasteiger partial charge on any atom is -0.497 e. The number of likely N-dealkylation sites (tertiary alicyclic amines) is 1. The molecule has 0 aliphatic carbocycles. The fraction of sp³-hybridized carbons (Fsp3) is 0.333. The van der Waals surface area contributed by atoms with Crippen molar-refractivity contribution in [2.24, 2.45) is 0 Å². The van der Waals surface area contributed by atoms with Gasteiger partial charge in [0, 0.05) is 62.7 Å². The van der Waals surface area contributed by atoms with E-state index in [2.05, 4.69) is 4.98 Å². The van der Waals surface area contributed by atoms with E-state index in [1.54, 1.807) is 19.5 Å². The number of hydrogen-bond donors (Lipinski definition) is 0. The molecular formula is C24H27N5O2. The van der Waals surface area contributed by atoms with Crippen LogP contribution in [0.3, 0.4) is 0 Å². The molecule has 31 heavy (non-hydrogen) atoms. The molecule has 0 spiro atoms. The number of benzene rings is 1. The van der Waals surface area contributed by atoms with Crippen LogP contribution in [0.1, 0.15) is 34.8 Å². The van der Waals surface area contributed by atoms with E-state index in [0.29, 0.717) is 17.9 Å². The second kappa shape index (κ2) is 9.12. The van der Waals surface area contributed by atoms with Crippen LogP contribution >= 0.6 is 0 Å². The summed E-state index contributed by atoms with van der Waals surface area (Å²) in [4.78, 5) is 30.8. The van der Waals surface area contributed by atoms with Gasteiger partial charge < -0.3 is 14.5 Å². The summed E-state index contributed by atoms with van der Waals surface area (Å²) in [5.74, 6) is 2.46. The zero-order valence-electron chi connectivity index (χ0n) is 18.2. The molecule has 1 aliphatic rings. The first kappa shape index (κ1) is 20.8. The molecule has 2 aromatic heterocycles. The van der Waals surface area contributed by atoms with Crippen molar-refractivity contribution in [2.45, 2.75) is 18.8 Å². The van der Waals surface area contributed by atoms with Crippen LogP contribution in [0.5, 0.6) is 5.75 Å². The number of piperidine rings is 1. The third-order valence-electron chi connectivity index (χ3n) is 5.57. The number of ether oxygens (including phenoxy) is 1. The number of anilines is 1. The van der Waals surface area contributed by atoms with Crippen LogP contribution in [0, 0.1) is 0 Å². The van der Waals surface area contributed by atoms with Crippen molar-refractivity contribution in [1.29, 1.82) is 0 Å². The molecule has 1 atom stereocenters. The normalized spacial score (nSPS) is 16.1. The van der Waals surface area contributed by atoms with Gasteiger partial charge in [0.15, 0.2) is 5.82 Å². The lowest BCUT2D eigenvalue weighted by atomic mass is 9.93. The average Bonchev–Trinajstić information content (AvgIpc) is 2.84. The van der Waals surface area contributed by atoms with Crippen LogP contribution in [-0.2, 0) is 0 Å². The van der Waals surface area contributed by atoms with Gasteiger partial charge in [-0.1, -0.05) is 0 Å². The zero-order chi connectivity index (χ0) is 21.8. The predicted molar refractivity (Wildman–Crippen MR) is 120 cm³/mol. The van der Waals surface area contributed by atoms with Gasteiger partial charge >= 0.3 is 0 Å². The Morgan fingerprint density at radius 3 is 2.65 bits per heavy atom. The summed E-state index contributed by atoms with van der Waals surface area (Å²) in [6, 6.07) is 13.2. The summed E-state index contributed by atoms with van der Waals surface area (Å²) in [5.41, 5.74) is 2.52. The second-order valence-corrected chi connectivity index (χ2v) is 7.93. The highest BCUT2D eigenvalue weighted by Gasteiger charge is 2.27. The Morgan fingerprint density at radius 1 is 1.16 bits per heavy atom. The lowest BCUT2D eigenvalue weighted by Gasteiger charge is -2.33. The summed E-state index contributed by atoms with van der Waals surface area (Å²) in [5, 5.41) is 0. The van der Waals surface area contributed by atoms with Crippen molar-refractivity contribution in [2.75, 3.05) is 39.2 Å². The molecule has 0 saturated carbocycles. The lowest BCUT2D eigenvalue weighted by molar-refractivity contribution is 0.0706. The number of carbonyl (C=O) groups excluding carboxylic acids is 1. The van der Waals surface area contributed by atoms with Crippen molar-refractivity contribution < 1.29 is 9.53 Å². The molecular weight excluding hydrogens is 390 g/mol. The number of methoxy groups -OCH3 is 1. The molecule has 1 fully saturated rings. The maximum atomic E-state index is 13.1. The number of amides is 1. The maximum Gasteiger partial charge on any atom is 0.253 e. The number of pyridine rings is 1. The third kappa shape index (κ3) is 4.66.